The highest BCUT2D eigenvalue weighted by Gasteiger charge is 1.95. The van der Waals surface area contributed by atoms with Crippen LogP contribution in [0.25, 0.3) is 0 Å². The van der Waals surface area contributed by atoms with Crippen LogP contribution >= 0.6 is 17.0 Å². The van der Waals surface area contributed by atoms with E-state index in [2.05, 4.69) is 15.4 Å². The summed E-state index contributed by atoms with van der Waals surface area (Å²) in [6, 6.07) is 11.1. The first kappa shape index (κ1) is 10.6. The molecule has 0 bridgehead atoms. The molecule has 4 nitrogen and oxygen atoms in total. The minimum absolute atomic E-state index is 0. The Morgan fingerprint density at radius 2 is 1.79 bits per heavy atom. The summed E-state index contributed by atoms with van der Waals surface area (Å²) in [4.78, 5) is 0. The van der Waals surface area contributed by atoms with Gasteiger partial charge < -0.3 is 4.74 Å². The second kappa shape index (κ2) is 5.29. The van der Waals surface area contributed by atoms with Gasteiger partial charge in [-0.05, 0) is 17.3 Å². The van der Waals surface area contributed by atoms with Gasteiger partial charge in [-0.25, -0.2) is 0 Å². The average Bonchev–Trinajstić information content (AvgIpc) is 2.21. The number of aromatic nitrogens is 3. The van der Waals surface area contributed by atoms with Gasteiger partial charge in [-0.15, -0.1) is 22.1 Å². The van der Waals surface area contributed by atoms with Gasteiger partial charge >= 0.3 is 0 Å². The van der Waals surface area contributed by atoms with Gasteiger partial charge in [-0.3, -0.25) is 0 Å². The van der Waals surface area contributed by atoms with Crippen LogP contribution < -0.4 is 4.74 Å². The molecule has 0 aliphatic carbocycles. The minimum Gasteiger partial charge on any atom is -0.437 e. The molecule has 0 N–H and O–H groups in total. The molecule has 0 amide bonds. The monoisotopic (exact) mass is 253 g/mol. The molecule has 0 aliphatic heterocycles. The van der Waals surface area contributed by atoms with Crippen LogP contribution in [0.5, 0.6) is 11.6 Å². The van der Waals surface area contributed by atoms with Gasteiger partial charge in [0.25, 0.3) is 0 Å². The quantitative estimate of drug-likeness (QED) is 0.824. The van der Waals surface area contributed by atoms with Gasteiger partial charge in [0, 0.05) is 6.07 Å². The van der Waals surface area contributed by atoms with Crippen LogP contribution in [0.15, 0.2) is 42.6 Å². The smallest absolute Gasteiger partial charge is 0.242 e. The molecule has 0 aliphatic rings. The maximum Gasteiger partial charge on any atom is 0.242 e. The van der Waals surface area contributed by atoms with E-state index in [1.54, 1.807) is 6.07 Å². The summed E-state index contributed by atoms with van der Waals surface area (Å²) < 4.78 is 5.36. The maximum atomic E-state index is 5.36. The van der Waals surface area contributed by atoms with Gasteiger partial charge in [0.1, 0.15) is 5.75 Å². The second-order valence-corrected chi connectivity index (χ2v) is 2.37. The lowest BCUT2D eigenvalue weighted by atomic mass is 10.3. The maximum absolute atomic E-state index is 5.36. The average molecular weight is 254 g/mol. The first-order chi connectivity index (χ1) is 6.45. The van der Waals surface area contributed by atoms with Crippen molar-refractivity contribution in [3.8, 4) is 11.6 Å². The first-order valence-corrected chi connectivity index (χ1v) is 3.82. The largest absolute Gasteiger partial charge is 0.437 e. The van der Waals surface area contributed by atoms with E-state index in [0.29, 0.717) is 5.88 Å². The van der Waals surface area contributed by atoms with E-state index >= 15 is 0 Å². The zero-order chi connectivity index (χ0) is 8.93. The Hall–Kier alpha value is -1.49. The highest BCUT2D eigenvalue weighted by atomic mass is 79.9. The lowest BCUT2D eigenvalue weighted by Crippen LogP contribution is -1.90. The van der Waals surface area contributed by atoms with E-state index in [1.165, 1.54) is 6.20 Å². The zero-order valence-electron chi connectivity index (χ0n) is 7.20. The van der Waals surface area contributed by atoms with Crippen LogP contribution in [0.4, 0.5) is 0 Å². The molecule has 0 saturated heterocycles. The molecular formula is C9H8BrN3O. The molecule has 1 heterocycles. The van der Waals surface area contributed by atoms with Crippen LogP contribution in [0.1, 0.15) is 0 Å². The lowest BCUT2D eigenvalue weighted by molar-refractivity contribution is 0.450. The first-order valence-electron chi connectivity index (χ1n) is 3.82. The van der Waals surface area contributed by atoms with Gasteiger partial charge in [0.05, 0.1) is 6.20 Å². The molecule has 0 fully saturated rings. The fourth-order valence-electron chi connectivity index (χ4n) is 0.894. The lowest BCUT2D eigenvalue weighted by Gasteiger charge is -2.01. The SMILES string of the molecule is Br.c1ccc(Oc2ccnnn2)cc1. The topological polar surface area (TPSA) is 47.9 Å². The molecule has 0 radical (unpaired) electrons. The van der Waals surface area contributed by atoms with E-state index in [9.17, 15) is 0 Å². The van der Waals surface area contributed by atoms with E-state index in [4.69, 9.17) is 4.74 Å². The molecule has 1 aromatic carbocycles. The Kier molecular flexibility index (Phi) is 4.00. The van der Waals surface area contributed by atoms with E-state index in [0.717, 1.165) is 5.75 Å². The molecule has 14 heavy (non-hydrogen) atoms. The summed E-state index contributed by atoms with van der Waals surface area (Å²) in [6.45, 7) is 0. The second-order valence-electron chi connectivity index (χ2n) is 2.37. The van der Waals surface area contributed by atoms with Crippen molar-refractivity contribution in [3.05, 3.63) is 42.6 Å². The Morgan fingerprint density at radius 1 is 1.00 bits per heavy atom. The summed E-state index contributed by atoms with van der Waals surface area (Å²) in [5, 5.41) is 10.7. The summed E-state index contributed by atoms with van der Waals surface area (Å²) in [7, 11) is 0. The fourth-order valence-corrected chi connectivity index (χ4v) is 0.894. The van der Waals surface area contributed by atoms with Gasteiger partial charge in [-0.2, -0.15) is 0 Å². The van der Waals surface area contributed by atoms with E-state index in [-0.39, 0.29) is 17.0 Å². The summed E-state index contributed by atoms with van der Waals surface area (Å²) in [5.41, 5.74) is 0. The number of ether oxygens (including phenoxy) is 1. The Balaban J connectivity index is 0.000000980. The molecule has 0 unspecified atom stereocenters. The number of benzene rings is 1. The van der Waals surface area contributed by atoms with Crippen LogP contribution in [-0.2, 0) is 0 Å². The predicted molar refractivity (Wildman–Crippen MR) is 56.7 cm³/mol. The standard InChI is InChI=1S/C9H7N3O.BrH/c1-2-4-8(5-3-1)13-9-6-7-10-12-11-9;/h1-7H;1H. The summed E-state index contributed by atoms with van der Waals surface area (Å²) in [6.07, 6.45) is 1.53. The number of nitrogens with zero attached hydrogens (tertiary/aromatic N) is 3. The molecule has 0 saturated carbocycles. The molecule has 2 rings (SSSR count). The Morgan fingerprint density at radius 3 is 2.43 bits per heavy atom. The van der Waals surface area contributed by atoms with Crippen molar-refractivity contribution in [2.75, 3.05) is 0 Å². The molecule has 1 aromatic heterocycles. The minimum atomic E-state index is 0. The van der Waals surface area contributed by atoms with Crippen molar-refractivity contribution in [1.29, 1.82) is 0 Å². The summed E-state index contributed by atoms with van der Waals surface area (Å²) >= 11 is 0. The highest BCUT2D eigenvalue weighted by Crippen LogP contribution is 2.16. The van der Waals surface area contributed by atoms with Gasteiger partial charge in [0.2, 0.25) is 5.88 Å². The van der Waals surface area contributed by atoms with Crippen molar-refractivity contribution in [1.82, 2.24) is 15.4 Å². The van der Waals surface area contributed by atoms with E-state index in [1.807, 2.05) is 30.3 Å². The molecule has 5 heteroatoms. The molecule has 0 spiro atoms. The van der Waals surface area contributed by atoms with Crippen LogP contribution in [0, 0.1) is 0 Å². The highest BCUT2D eigenvalue weighted by molar-refractivity contribution is 8.93. The van der Waals surface area contributed by atoms with Crippen LogP contribution in [-0.4, -0.2) is 15.4 Å². The Labute approximate surface area is 91.7 Å². The van der Waals surface area contributed by atoms with Gasteiger partial charge in [0.15, 0.2) is 0 Å². The van der Waals surface area contributed by atoms with Crippen molar-refractivity contribution >= 4 is 17.0 Å². The van der Waals surface area contributed by atoms with Gasteiger partial charge in [-0.1, -0.05) is 23.3 Å². The van der Waals surface area contributed by atoms with E-state index < -0.39 is 0 Å². The van der Waals surface area contributed by atoms with Crippen molar-refractivity contribution in [3.63, 3.8) is 0 Å². The van der Waals surface area contributed by atoms with Crippen LogP contribution in [0.3, 0.4) is 0 Å². The molecule has 0 atom stereocenters. The number of para-hydroxylation sites is 1. The number of hydrogen-bond donors (Lipinski definition) is 0. The van der Waals surface area contributed by atoms with Crippen molar-refractivity contribution in [2.45, 2.75) is 0 Å². The summed E-state index contributed by atoms with van der Waals surface area (Å²) in [5.74, 6) is 1.18. The third-order valence-corrected chi connectivity index (χ3v) is 1.44. The van der Waals surface area contributed by atoms with Crippen molar-refractivity contribution in [2.24, 2.45) is 0 Å². The predicted octanol–water partition coefficient (Wildman–Crippen LogP) is 2.24. The molecule has 2 aromatic rings. The molecule has 72 valence electrons. The molecular weight excluding hydrogens is 246 g/mol. The third kappa shape index (κ3) is 2.77. The fraction of sp³-hybridized carbons (Fsp3) is 0. The normalized spacial score (nSPS) is 8.86. The zero-order valence-corrected chi connectivity index (χ0v) is 8.91. The number of hydrogen-bond acceptors (Lipinski definition) is 4. The third-order valence-electron chi connectivity index (χ3n) is 1.44. The van der Waals surface area contributed by atoms with Crippen molar-refractivity contribution < 1.29 is 4.74 Å². The van der Waals surface area contributed by atoms with Crippen LogP contribution in [0.2, 0.25) is 0 Å². The number of halogens is 1. The number of rotatable bonds is 2. The Bertz CT molecular complexity index is 331.